The third-order valence-electron chi connectivity index (χ3n) is 5.21. The van der Waals surface area contributed by atoms with Crippen molar-refractivity contribution in [3.05, 3.63) is 60.0 Å². The van der Waals surface area contributed by atoms with Gasteiger partial charge in [-0.3, -0.25) is 4.90 Å². The molecule has 0 atom stereocenters. The van der Waals surface area contributed by atoms with E-state index in [1.165, 1.54) is 0 Å². The molecule has 148 valence electrons. The normalized spacial score (nSPS) is 16.8. The third-order valence-corrected chi connectivity index (χ3v) is 7.13. The van der Waals surface area contributed by atoms with E-state index in [9.17, 15) is 8.42 Å². The summed E-state index contributed by atoms with van der Waals surface area (Å²) in [6.07, 6.45) is 0. The van der Waals surface area contributed by atoms with Crippen LogP contribution in [0.2, 0.25) is 0 Å². The summed E-state index contributed by atoms with van der Waals surface area (Å²) >= 11 is 0. The molecule has 28 heavy (non-hydrogen) atoms. The van der Waals surface area contributed by atoms with Gasteiger partial charge in [-0.05, 0) is 35.7 Å². The fraction of sp³-hybridized carbons (Fsp3) is 0.381. The average molecular weight is 400 g/mol. The maximum absolute atomic E-state index is 12.9. The monoisotopic (exact) mass is 399 g/mol. The number of para-hydroxylation sites is 2. The van der Waals surface area contributed by atoms with Gasteiger partial charge in [-0.25, -0.2) is 13.4 Å². The van der Waals surface area contributed by atoms with Crippen molar-refractivity contribution in [3.8, 4) is 0 Å². The second-order valence-corrected chi connectivity index (χ2v) is 9.42. The van der Waals surface area contributed by atoms with Crippen molar-refractivity contribution in [1.82, 2.24) is 14.2 Å². The van der Waals surface area contributed by atoms with E-state index in [2.05, 4.69) is 23.7 Å². The highest BCUT2D eigenvalue weighted by Crippen LogP contribution is 2.22. The number of oxazole rings is 1. The Morgan fingerprint density at radius 1 is 1.00 bits per heavy atom. The second kappa shape index (κ2) is 7.66. The Morgan fingerprint density at radius 3 is 2.32 bits per heavy atom. The smallest absolute Gasteiger partial charge is 0.243 e. The molecule has 1 aliphatic heterocycles. The van der Waals surface area contributed by atoms with E-state index in [-0.39, 0.29) is 0 Å². The number of aromatic nitrogens is 1. The van der Waals surface area contributed by atoms with Crippen LogP contribution in [0.3, 0.4) is 0 Å². The molecular formula is C21H25N3O3S. The molecule has 0 aliphatic carbocycles. The molecule has 0 amide bonds. The van der Waals surface area contributed by atoms with Crippen molar-refractivity contribution in [3.63, 3.8) is 0 Å². The van der Waals surface area contributed by atoms with E-state index in [1.54, 1.807) is 16.4 Å². The summed E-state index contributed by atoms with van der Waals surface area (Å²) in [4.78, 5) is 7.05. The Labute approximate surface area is 165 Å². The third kappa shape index (κ3) is 3.83. The molecule has 4 rings (SSSR count). The molecule has 1 saturated heterocycles. The quantitative estimate of drug-likeness (QED) is 0.657. The molecular weight excluding hydrogens is 374 g/mol. The molecule has 1 aliphatic rings. The Balaban J connectivity index is 1.40. The number of hydrogen-bond donors (Lipinski definition) is 0. The molecule has 6 nitrogen and oxygen atoms in total. The summed E-state index contributed by atoms with van der Waals surface area (Å²) in [5.41, 5.74) is 2.77. The lowest BCUT2D eigenvalue weighted by Crippen LogP contribution is -2.48. The summed E-state index contributed by atoms with van der Waals surface area (Å²) < 4.78 is 33.2. The lowest BCUT2D eigenvalue weighted by atomic mass is 10.0. The van der Waals surface area contributed by atoms with Crippen LogP contribution < -0.4 is 0 Å². The van der Waals surface area contributed by atoms with Gasteiger partial charge in [-0.1, -0.05) is 38.1 Å². The minimum Gasteiger partial charge on any atom is -0.439 e. The number of benzene rings is 2. The van der Waals surface area contributed by atoms with Gasteiger partial charge >= 0.3 is 0 Å². The summed E-state index contributed by atoms with van der Waals surface area (Å²) in [6, 6.07) is 14.9. The molecule has 3 aromatic rings. The van der Waals surface area contributed by atoms with Crippen molar-refractivity contribution in [1.29, 1.82) is 0 Å². The van der Waals surface area contributed by atoms with Crippen LogP contribution >= 0.6 is 0 Å². The van der Waals surface area contributed by atoms with Gasteiger partial charge in [0.05, 0.1) is 11.4 Å². The van der Waals surface area contributed by atoms with E-state index in [0.717, 1.165) is 16.7 Å². The van der Waals surface area contributed by atoms with E-state index in [0.29, 0.717) is 49.4 Å². The summed E-state index contributed by atoms with van der Waals surface area (Å²) in [7, 11) is -3.45. The maximum atomic E-state index is 12.9. The zero-order valence-electron chi connectivity index (χ0n) is 16.2. The molecule has 2 heterocycles. The second-order valence-electron chi connectivity index (χ2n) is 7.48. The highest BCUT2D eigenvalue weighted by Gasteiger charge is 2.29. The fourth-order valence-corrected chi connectivity index (χ4v) is 4.90. The van der Waals surface area contributed by atoms with Crippen molar-refractivity contribution in [2.24, 2.45) is 0 Å². The van der Waals surface area contributed by atoms with E-state index >= 15 is 0 Å². The van der Waals surface area contributed by atoms with E-state index in [1.807, 2.05) is 36.4 Å². The number of hydrogen-bond acceptors (Lipinski definition) is 5. The summed E-state index contributed by atoms with van der Waals surface area (Å²) in [5.74, 6) is 1.05. The van der Waals surface area contributed by atoms with Crippen LogP contribution in [0.15, 0.2) is 57.8 Å². The molecule has 0 bridgehead atoms. The first-order chi connectivity index (χ1) is 13.4. The molecule has 0 radical (unpaired) electrons. The summed E-state index contributed by atoms with van der Waals surface area (Å²) in [6.45, 7) is 7.03. The van der Waals surface area contributed by atoms with Gasteiger partial charge in [-0.15, -0.1) is 0 Å². The van der Waals surface area contributed by atoms with Crippen LogP contribution in [-0.2, 0) is 16.6 Å². The van der Waals surface area contributed by atoms with Gasteiger partial charge in [0, 0.05) is 26.2 Å². The van der Waals surface area contributed by atoms with Gasteiger partial charge < -0.3 is 4.42 Å². The Morgan fingerprint density at radius 2 is 1.68 bits per heavy atom. The van der Waals surface area contributed by atoms with Crippen LogP contribution in [0.1, 0.15) is 31.2 Å². The lowest BCUT2D eigenvalue weighted by molar-refractivity contribution is 0.169. The Bertz CT molecular complexity index is 1020. The number of fused-ring (bicyclic) bond motifs is 1. The Kier molecular flexibility index (Phi) is 5.23. The first kappa shape index (κ1) is 19.1. The zero-order chi connectivity index (χ0) is 19.7. The van der Waals surface area contributed by atoms with Crippen LogP contribution in [0, 0.1) is 0 Å². The van der Waals surface area contributed by atoms with Crippen molar-refractivity contribution < 1.29 is 12.8 Å². The van der Waals surface area contributed by atoms with Crippen LogP contribution in [-0.4, -0.2) is 48.8 Å². The molecule has 0 saturated carbocycles. The van der Waals surface area contributed by atoms with Crippen molar-refractivity contribution >= 4 is 21.1 Å². The van der Waals surface area contributed by atoms with Gasteiger partial charge in [0.25, 0.3) is 0 Å². The largest absolute Gasteiger partial charge is 0.439 e. The maximum Gasteiger partial charge on any atom is 0.243 e. The molecule has 7 heteroatoms. The van der Waals surface area contributed by atoms with Crippen LogP contribution in [0.4, 0.5) is 0 Å². The average Bonchev–Trinajstić information content (AvgIpc) is 3.10. The first-order valence-electron chi connectivity index (χ1n) is 9.60. The molecule has 0 spiro atoms. The predicted octanol–water partition coefficient (Wildman–Crippen LogP) is 3.46. The van der Waals surface area contributed by atoms with Gasteiger partial charge in [0.15, 0.2) is 5.58 Å². The molecule has 1 fully saturated rings. The standard InChI is InChI=1S/C21H25N3O3S/c1-16(2)17-7-9-18(10-8-17)28(25,26)24-13-11-23(12-14-24)15-21-22-19-5-3-4-6-20(19)27-21/h3-10,16H,11-15H2,1-2H3. The topological polar surface area (TPSA) is 66.7 Å². The number of rotatable bonds is 5. The van der Waals surface area contributed by atoms with Crippen LogP contribution in [0.25, 0.3) is 11.1 Å². The SMILES string of the molecule is CC(C)c1ccc(S(=O)(=O)N2CCN(Cc3nc4ccccc4o3)CC2)cc1. The molecule has 0 unspecified atom stereocenters. The van der Waals surface area contributed by atoms with Crippen molar-refractivity contribution in [2.45, 2.75) is 31.2 Å². The zero-order valence-corrected chi connectivity index (χ0v) is 17.0. The number of nitrogens with zero attached hydrogens (tertiary/aromatic N) is 3. The molecule has 2 aromatic carbocycles. The fourth-order valence-electron chi connectivity index (χ4n) is 3.48. The van der Waals surface area contributed by atoms with Gasteiger partial charge in [0.1, 0.15) is 5.52 Å². The van der Waals surface area contributed by atoms with E-state index < -0.39 is 10.0 Å². The summed E-state index contributed by atoms with van der Waals surface area (Å²) in [5, 5.41) is 0. The Hall–Kier alpha value is -2.22. The molecule has 0 N–H and O–H groups in total. The number of sulfonamides is 1. The number of piperazine rings is 1. The lowest BCUT2D eigenvalue weighted by Gasteiger charge is -2.33. The highest BCUT2D eigenvalue weighted by atomic mass is 32.2. The minimum absolute atomic E-state index is 0.365. The first-order valence-corrected chi connectivity index (χ1v) is 11.0. The highest BCUT2D eigenvalue weighted by molar-refractivity contribution is 7.89. The van der Waals surface area contributed by atoms with Gasteiger partial charge in [-0.2, -0.15) is 4.31 Å². The van der Waals surface area contributed by atoms with E-state index in [4.69, 9.17) is 4.42 Å². The van der Waals surface area contributed by atoms with Gasteiger partial charge in [0.2, 0.25) is 15.9 Å². The molecule has 1 aromatic heterocycles. The predicted molar refractivity (Wildman–Crippen MR) is 109 cm³/mol. The van der Waals surface area contributed by atoms with Crippen molar-refractivity contribution in [2.75, 3.05) is 26.2 Å². The minimum atomic E-state index is -3.45. The van der Waals surface area contributed by atoms with Crippen LogP contribution in [0.5, 0.6) is 0 Å².